The number of hydrogen-bond donors (Lipinski definition) is 0. The van der Waals surface area contributed by atoms with Crippen molar-refractivity contribution >= 4 is 27.7 Å². The summed E-state index contributed by atoms with van der Waals surface area (Å²) in [6.07, 6.45) is 3.64. The van der Waals surface area contributed by atoms with Crippen molar-refractivity contribution in [3.05, 3.63) is 46.0 Å². The molecule has 0 bridgehead atoms. The molecule has 2 rings (SSSR count). The molecule has 2 aromatic heterocycles. The van der Waals surface area contributed by atoms with E-state index in [2.05, 4.69) is 36.9 Å². The molecule has 0 aliphatic carbocycles. The maximum atomic E-state index is 4.39. The second kappa shape index (κ2) is 5.60. The van der Waals surface area contributed by atoms with Crippen LogP contribution in [0.15, 0.2) is 34.2 Å². The molecule has 3 nitrogen and oxygen atoms in total. The van der Waals surface area contributed by atoms with Crippen LogP contribution in [0.4, 0.5) is 0 Å². The first kappa shape index (κ1) is 12.5. The van der Waals surface area contributed by atoms with Crippen molar-refractivity contribution in [1.82, 2.24) is 15.0 Å². The summed E-state index contributed by atoms with van der Waals surface area (Å²) in [5.74, 6) is 0.829. The third-order valence-corrected chi connectivity index (χ3v) is 3.44. The van der Waals surface area contributed by atoms with E-state index in [-0.39, 0.29) is 0 Å². The maximum Gasteiger partial charge on any atom is 0.188 e. The predicted molar refractivity (Wildman–Crippen MR) is 73.0 cm³/mol. The van der Waals surface area contributed by atoms with Crippen LogP contribution in [0.25, 0.3) is 0 Å². The Bertz CT molecular complexity index is 511. The van der Waals surface area contributed by atoms with Gasteiger partial charge < -0.3 is 0 Å². The van der Waals surface area contributed by atoms with E-state index in [0.29, 0.717) is 0 Å². The lowest BCUT2D eigenvalue weighted by Gasteiger charge is -2.03. The number of pyridine rings is 1. The van der Waals surface area contributed by atoms with Crippen molar-refractivity contribution in [3.63, 3.8) is 0 Å². The number of aryl methyl sites for hydroxylation is 2. The van der Waals surface area contributed by atoms with E-state index in [1.54, 1.807) is 18.0 Å². The molecule has 17 heavy (non-hydrogen) atoms. The van der Waals surface area contributed by atoms with Gasteiger partial charge in [0.15, 0.2) is 5.16 Å². The highest BCUT2D eigenvalue weighted by molar-refractivity contribution is 9.10. The van der Waals surface area contributed by atoms with Crippen LogP contribution in [0.3, 0.4) is 0 Å². The van der Waals surface area contributed by atoms with Crippen molar-refractivity contribution < 1.29 is 0 Å². The second-order valence-corrected chi connectivity index (χ2v) is 5.59. The Balaban J connectivity index is 2.07. The van der Waals surface area contributed by atoms with Gasteiger partial charge in [-0.25, -0.2) is 9.97 Å². The van der Waals surface area contributed by atoms with Crippen molar-refractivity contribution in [2.45, 2.75) is 24.8 Å². The molecule has 2 heterocycles. The van der Waals surface area contributed by atoms with E-state index in [1.807, 2.05) is 26.1 Å². The summed E-state index contributed by atoms with van der Waals surface area (Å²) in [7, 11) is 0. The van der Waals surface area contributed by atoms with Gasteiger partial charge in [0.25, 0.3) is 0 Å². The summed E-state index contributed by atoms with van der Waals surface area (Å²) in [5, 5.41) is 0.822. The zero-order valence-corrected chi connectivity index (χ0v) is 12.0. The summed E-state index contributed by atoms with van der Waals surface area (Å²) in [5.41, 5.74) is 3.17. The van der Waals surface area contributed by atoms with Crippen LogP contribution >= 0.6 is 27.7 Å². The molecular weight excluding hydrogens is 298 g/mol. The van der Waals surface area contributed by atoms with Crippen molar-refractivity contribution in [3.8, 4) is 0 Å². The van der Waals surface area contributed by atoms with Gasteiger partial charge in [0.1, 0.15) is 0 Å². The van der Waals surface area contributed by atoms with Gasteiger partial charge in [-0.3, -0.25) is 4.98 Å². The van der Waals surface area contributed by atoms with Crippen LogP contribution in [0, 0.1) is 13.8 Å². The summed E-state index contributed by atoms with van der Waals surface area (Å²) in [6.45, 7) is 3.97. The van der Waals surface area contributed by atoms with Crippen molar-refractivity contribution in [2.75, 3.05) is 0 Å². The number of hydrogen-bond acceptors (Lipinski definition) is 4. The van der Waals surface area contributed by atoms with Crippen LogP contribution in [0.5, 0.6) is 0 Å². The molecule has 0 spiro atoms. The number of aromatic nitrogens is 3. The van der Waals surface area contributed by atoms with Crippen LogP contribution in [-0.2, 0) is 5.75 Å². The Morgan fingerprint density at radius 1 is 1.12 bits per heavy atom. The van der Waals surface area contributed by atoms with Crippen molar-refractivity contribution in [2.24, 2.45) is 0 Å². The minimum atomic E-state index is 0.822. The lowest BCUT2D eigenvalue weighted by Crippen LogP contribution is -1.93. The van der Waals surface area contributed by atoms with Crippen LogP contribution < -0.4 is 0 Å². The number of thioether (sulfide) groups is 1. The minimum absolute atomic E-state index is 0.822. The van der Waals surface area contributed by atoms with Crippen LogP contribution in [0.2, 0.25) is 0 Å². The molecule has 88 valence electrons. The Kier molecular flexibility index (Phi) is 4.12. The molecule has 0 saturated carbocycles. The summed E-state index contributed by atoms with van der Waals surface area (Å²) < 4.78 is 0.997. The largest absolute Gasteiger partial charge is 0.263 e. The molecule has 0 aromatic carbocycles. The Morgan fingerprint density at radius 3 is 2.47 bits per heavy atom. The van der Waals surface area contributed by atoms with E-state index < -0.39 is 0 Å². The number of rotatable bonds is 3. The fourth-order valence-corrected chi connectivity index (χ4v) is 2.72. The van der Waals surface area contributed by atoms with Gasteiger partial charge in [-0.1, -0.05) is 11.8 Å². The third kappa shape index (κ3) is 3.78. The lowest BCUT2D eigenvalue weighted by atomic mass is 10.3. The van der Waals surface area contributed by atoms with Gasteiger partial charge in [0.05, 0.1) is 0 Å². The molecule has 0 fully saturated rings. The quantitative estimate of drug-likeness (QED) is 0.642. The summed E-state index contributed by atoms with van der Waals surface area (Å²) in [6, 6.07) is 4.04. The molecule has 0 atom stereocenters. The Hall–Kier alpha value is -0.940. The highest BCUT2D eigenvalue weighted by atomic mass is 79.9. The first-order valence-electron chi connectivity index (χ1n) is 5.18. The molecule has 0 aliphatic heterocycles. The van der Waals surface area contributed by atoms with Crippen LogP contribution in [-0.4, -0.2) is 15.0 Å². The monoisotopic (exact) mass is 309 g/mol. The highest BCUT2D eigenvalue weighted by Gasteiger charge is 2.02. The molecule has 0 unspecified atom stereocenters. The predicted octanol–water partition coefficient (Wildman–Crippen LogP) is 3.54. The molecule has 2 aromatic rings. The highest BCUT2D eigenvalue weighted by Crippen LogP contribution is 2.21. The molecule has 0 N–H and O–H groups in total. The molecule has 0 radical (unpaired) electrons. The first-order valence-corrected chi connectivity index (χ1v) is 6.96. The first-order chi connectivity index (χ1) is 8.13. The average Bonchev–Trinajstić information content (AvgIpc) is 2.25. The van der Waals surface area contributed by atoms with Gasteiger partial charge >= 0.3 is 0 Å². The standard InChI is InChI=1S/C12H12BrN3S/c1-8-3-9(2)16-12(15-8)17-7-10-4-11(13)6-14-5-10/h3-6H,7H2,1-2H3. The van der Waals surface area contributed by atoms with Gasteiger partial charge in [0, 0.05) is 34.0 Å². The maximum absolute atomic E-state index is 4.39. The summed E-state index contributed by atoms with van der Waals surface area (Å²) in [4.78, 5) is 12.9. The van der Waals surface area contributed by atoms with E-state index in [0.717, 1.165) is 32.3 Å². The van der Waals surface area contributed by atoms with E-state index in [9.17, 15) is 0 Å². The molecule has 5 heteroatoms. The minimum Gasteiger partial charge on any atom is -0.263 e. The smallest absolute Gasteiger partial charge is 0.188 e. The van der Waals surface area contributed by atoms with Gasteiger partial charge in [-0.05, 0) is 47.5 Å². The van der Waals surface area contributed by atoms with Gasteiger partial charge in [0.2, 0.25) is 0 Å². The number of halogens is 1. The zero-order valence-electron chi connectivity index (χ0n) is 9.64. The Morgan fingerprint density at radius 2 is 1.82 bits per heavy atom. The van der Waals surface area contributed by atoms with Gasteiger partial charge in [-0.15, -0.1) is 0 Å². The third-order valence-electron chi connectivity index (χ3n) is 2.09. The normalized spacial score (nSPS) is 10.5. The van der Waals surface area contributed by atoms with E-state index >= 15 is 0 Å². The molecule has 0 aliphatic rings. The Labute approximate surface area is 113 Å². The fraction of sp³-hybridized carbons (Fsp3) is 0.250. The SMILES string of the molecule is Cc1cc(C)nc(SCc2cncc(Br)c2)n1. The van der Waals surface area contributed by atoms with Crippen molar-refractivity contribution in [1.29, 1.82) is 0 Å². The second-order valence-electron chi connectivity index (χ2n) is 3.73. The number of nitrogens with zero attached hydrogens (tertiary/aromatic N) is 3. The van der Waals surface area contributed by atoms with E-state index in [1.165, 1.54) is 0 Å². The fourth-order valence-electron chi connectivity index (χ4n) is 1.44. The zero-order chi connectivity index (χ0) is 12.3. The summed E-state index contributed by atoms with van der Waals surface area (Å²) >= 11 is 5.04. The molecule has 0 amide bonds. The van der Waals surface area contributed by atoms with Gasteiger partial charge in [-0.2, -0.15) is 0 Å². The van der Waals surface area contributed by atoms with Crippen LogP contribution in [0.1, 0.15) is 17.0 Å². The van der Waals surface area contributed by atoms with E-state index in [4.69, 9.17) is 0 Å². The lowest BCUT2D eigenvalue weighted by molar-refractivity contribution is 0.901. The topological polar surface area (TPSA) is 38.7 Å². The molecule has 0 saturated heterocycles. The molecular formula is C12H12BrN3S. The average molecular weight is 310 g/mol.